The molecule has 0 aliphatic rings. The molecule has 0 fully saturated rings. The van der Waals surface area contributed by atoms with E-state index in [1.807, 2.05) is 31.2 Å². The number of carbonyl (C=O) groups is 1. The van der Waals surface area contributed by atoms with Gasteiger partial charge in [0.15, 0.2) is 0 Å². The van der Waals surface area contributed by atoms with E-state index in [0.717, 1.165) is 10.9 Å². The molecule has 0 radical (unpaired) electrons. The van der Waals surface area contributed by atoms with Gasteiger partial charge < -0.3 is 14.3 Å². The maximum absolute atomic E-state index is 11.1. The second-order valence-corrected chi connectivity index (χ2v) is 3.88. The van der Waals surface area contributed by atoms with Crippen molar-refractivity contribution < 1.29 is 19.1 Å². The first-order valence-electron chi connectivity index (χ1n) is 5.36. The predicted molar refractivity (Wildman–Crippen MR) is 62.5 cm³/mol. The van der Waals surface area contributed by atoms with E-state index >= 15 is 0 Å². The Labute approximate surface area is 98.8 Å². The number of hydrogen-bond donors (Lipinski definition) is 1. The van der Waals surface area contributed by atoms with E-state index in [4.69, 9.17) is 4.42 Å². The van der Waals surface area contributed by atoms with Crippen molar-refractivity contribution in [1.29, 1.82) is 0 Å². The zero-order valence-electron chi connectivity index (χ0n) is 9.77. The molecule has 0 unspecified atom stereocenters. The van der Waals surface area contributed by atoms with E-state index in [2.05, 4.69) is 4.74 Å². The molecule has 4 nitrogen and oxygen atoms in total. The lowest BCUT2D eigenvalue weighted by molar-refractivity contribution is -0.143. The number of benzene rings is 1. The number of ether oxygens (including phenoxy) is 1. The van der Waals surface area contributed by atoms with Gasteiger partial charge in [0.1, 0.15) is 17.4 Å². The number of hydrogen-bond acceptors (Lipinski definition) is 4. The number of carbonyl (C=O) groups excluding carboxylic acids is 1. The molecule has 0 spiro atoms. The minimum Gasteiger partial charge on any atom is -0.469 e. The van der Waals surface area contributed by atoms with Gasteiger partial charge in [-0.3, -0.25) is 4.79 Å². The average molecular weight is 234 g/mol. The maximum Gasteiger partial charge on any atom is 0.308 e. The van der Waals surface area contributed by atoms with E-state index in [1.54, 1.807) is 0 Å². The summed E-state index contributed by atoms with van der Waals surface area (Å²) in [7, 11) is 1.29. The second kappa shape index (κ2) is 4.59. The molecular weight excluding hydrogens is 220 g/mol. The van der Waals surface area contributed by atoms with Gasteiger partial charge >= 0.3 is 5.97 Å². The van der Waals surface area contributed by atoms with Crippen molar-refractivity contribution in [1.82, 2.24) is 0 Å². The fourth-order valence-corrected chi connectivity index (χ4v) is 1.85. The summed E-state index contributed by atoms with van der Waals surface area (Å²) in [6, 6.07) is 7.52. The van der Waals surface area contributed by atoms with Crippen LogP contribution in [0.3, 0.4) is 0 Å². The van der Waals surface area contributed by atoms with Crippen LogP contribution in [0.2, 0.25) is 0 Å². The Morgan fingerprint density at radius 2 is 2.18 bits per heavy atom. The van der Waals surface area contributed by atoms with Crippen molar-refractivity contribution in [2.75, 3.05) is 7.11 Å². The van der Waals surface area contributed by atoms with Gasteiger partial charge in [0.2, 0.25) is 0 Å². The van der Waals surface area contributed by atoms with Crippen LogP contribution in [0.1, 0.15) is 23.8 Å². The highest BCUT2D eigenvalue weighted by Gasteiger charge is 2.20. The van der Waals surface area contributed by atoms with Crippen molar-refractivity contribution in [2.45, 2.75) is 19.4 Å². The summed E-state index contributed by atoms with van der Waals surface area (Å²) in [5, 5.41) is 10.9. The van der Waals surface area contributed by atoms with Crippen LogP contribution in [0.4, 0.5) is 0 Å². The van der Waals surface area contributed by atoms with Crippen LogP contribution < -0.4 is 0 Å². The number of esters is 1. The summed E-state index contributed by atoms with van der Waals surface area (Å²) in [6.07, 6.45) is -1.06. The molecule has 1 atom stereocenters. The molecule has 1 N–H and O–H groups in total. The minimum absolute atomic E-state index is 0.100. The first-order valence-corrected chi connectivity index (χ1v) is 5.36. The summed E-state index contributed by atoms with van der Waals surface area (Å²) < 4.78 is 10.1. The van der Waals surface area contributed by atoms with Crippen LogP contribution in [-0.2, 0) is 9.53 Å². The third-order valence-electron chi connectivity index (χ3n) is 2.77. The Balaban J connectivity index is 2.35. The fraction of sp³-hybridized carbons (Fsp3) is 0.308. The molecule has 0 saturated carbocycles. The first kappa shape index (κ1) is 11.7. The molecule has 0 amide bonds. The third kappa shape index (κ3) is 2.17. The Hall–Kier alpha value is -1.81. The second-order valence-electron chi connectivity index (χ2n) is 3.88. The molecule has 1 heterocycles. The van der Waals surface area contributed by atoms with E-state index in [1.165, 1.54) is 7.11 Å². The predicted octanol–water partition coefficient (Wildman–Crippen LogP) is 2.34. The Morgan fingerprint density at radius 1 is 1.47 bits per heavy atom. The number of methoxy groups -OCH3 is 1. The Morgan fingerprint density at radius 3 is 2.82 bits per heavy atom. The van der Waals surface area contributed by atoms with E-state index in [0.29, 0.717) is 11.3 Å². The highest BCUT2D eigenvalue weighted by Crippen LogP contribution is 2.30. The van der Waals surface area contributed by atoms with Crippen molar-refractivity contribution in [3.8, 4) is 0 Å². The van der Waals surface area contributed by atoms with Crippen molar-refractivity contribution >= 4 is 16.9 Å². The van der Waals surface area contributed by atoms with Crippen LogP contribution in [-0.4, -0.2) is 18.2 Å². The minimum atomic E-state index is -0.963. The van der Waals surface area contributed by atoms with Gasteiger partial charge in [-0.05, 0) is 13.0 Å². The first-order chi connectivity index (χ1) is 8.13. The molecule has 1 aromatic heterocycles. The van der Waals surface area contributed by atoms with Crippen LogP contribution in [0.5, 0.6) is 0 Å². The quantitative estimate of drug-likeness (QED) is 0.828. The standard InChI is InChI=1S/C13H14O4/c1-8-9-5-3-4-6-11(9)17-13(8)10(14)7-12(15)16-2/h3-6,10,14H,7H2,1-2H3/t10-/m1/s1. The summed E-state index contributed by atoms with van der Waals surface area (Å²) in [6.45, 7) is 1.86. The maximum atomic E-state index is 11.1. The monoisotopic (exact) mass is 234 g/mol. The van der Waals surface area contributed by atoms with Gasteiger partial charge in [0, 0.05) is 10.9 Å². The molecule has 0 aliphatic heterocycles. The Kier molecular flexibility index (Phi) is 3.15. The van der Waals surface area contributed by atoms with Gasteiger partial charge in [0.05, 0.1) is 13.5 Å². The SMILES string of the molecule is COC(=O)C[C@@H](O)c1oc2ccccc2c1C. The number of aliphatic hydroxyl groups excluding tert-OH is 1. The average Bonchev–Trinajstić information content (AvgIpc) is 2.67. The molecule has 2 rings (SSSR count). The summed E-state index contributed by atoms with van der Waals surface area (Å²) in [5.74, 6) is -0.0334. The van der Waals surface area contributed by atoms with Crippen molar-refractivity contribution in [2.24, 2.45) is 0 Å². The van der Waals surface area contributed by atoms with Gasteiger partial charge in [-0.2, -0.15) is 0 Å². The van der Waals surface area contributed by atoms with Crippen molar-refractivity contribution in [3.63, 3.8) is 0 Å². The van der Waals surface area contributed by atoms with Crippen LogP contribution >= 0.6 is 0 Å². The molecule has 0 saturated heterocycles. The number of fused-ring (bicyclic) bond motifs is 1. The number of aryl methyl sites for hydroxylation is 1. The lowest BCUT2D eigenvalue weighted by Gasteiger charge is -2.06. The van der Waals surface area contributed by atoms with Gasteiger partial charge in [0.25, 0.3) is 0 Å². The summed E-state index contributed by atoms with van der Waals surface area (Å²) in [4.78, 5) is 11.1. The molecular formula is C13H14O4. The lowest BCUT2D eigenvalue weighted by atomic mass is 10.1. The molecule has 0 bridgehead atoms. The van der Waals surface area contributed by atoms with Crippen LogP contribution in [0.15, 0.2) is 28.7 Å². The molecule has 1 aromatic carbocycles. The molecule has 0 aliphatic carbocycles. The summed E-state index contributed by atoms with van der Waals surface area (Å²) >= 11 is 0. The zero-order valence-corrected chi connectivity index (χ0v) is 9.77. The van der Waals surface area contributed by atoms with E-state index < -0.39 is 12.1 Å². The number of furan rings is 1. The number of rotatable bonds is 3. The van der Waals surface area contributed by atoms with Gasteiger partial charge in [-0.15, -0.1) is 0 Å². The third-order valence-corrected chi connectivity index (χ3v) is 2.77. The number of aliphatic hydroxyl groups is 1. The fourth-order valence-electron chi connectivity index (χ4n) is 1.85. The molecule has 90 valence electrons. The normalized spacial score (nSPS) is 12.6. The molecule has 2 aromatic rings. The highest BCUT2D eigenvalue weighted by molar-refractivity contribution is 5.82. The number of para-hydroxylation sites is 1. The zero-order chi connectivity index (χ0) is 12.4. The van der Waals surface area contributed by atoms with Crippen LogP contribution in [0, 0.1) is 6.92 Å². The van der Waals surface area contributed by atoms with E-state index in [9.17, 15) is 9.90 Å². The Bertz CT molecular complexity index is 541. The van der Waals surface area contributed by atoms with Gasteiger partial charge in [-0.25, -0.2) is 0 Å². The molecule has 17 heavy (non-hydrogen) atoms. The molecule has 4 heteroatoms. The van der Waals surface area contributed by atoms with Crippen LogP contribution in [0.25, 0.3) is 11.0 Å². The smallest absolute Gasteiger partial charge is 0.308 e. The summed E-state index contributed by atoms with van der Waals surface area (Å²) in [5.41, 5.74) is 1.57. The highest BCUT2D eigenvalue weighted by atomic mass is 16.5. The van der Waals surface area contributed by atoms with Crippen molar-refractivity contribution in [3.05, 3.63) is 35.6 Å². The largest absolute Gasteiger partial charge is 0.469 e. The topological polar surface area (TPSA) is 59.7 Å². The lowest BCUT2D eigenvalue weighted by Crippen LogP contribution is -2.08. The van der Waals surface area contributed by atoms with Gasteiger partial charge in [-0.1, -0.05) is 18.2 Å². The van der Waals surface area contributed by atoms with E-state index in [-0.39, 0.29) is 6.42 Å².